The van der Waals surface area contributed by atoms with Crippen molar-refractivity contribution >= 4 is 0 Å². The summed E-state index contributed by atoms with van der Waals surface area (Å²) in [7, 11) is 2.02. The molecule has 2 nitrogen and oxygen atoms in total. The van der Waals surface area contributed by atoms with Gasteiger partial charge in [0.05, 0.1) is 6.67 Å². The Morgan fingerprint density at radius 1 is 1.62 bits per heavy atom. The Kier molecular flexibility index (Phi) is 2.36. The second kappa shape index (κ2) is 3.50. The summed E-state index contributed by atoms with van der Waals surface area (Å²) in [6.45, 7) is 1.50. The minimum Gasteiger partial charge on any atom is -0.354 e. The first-order valence-corrected chi connectivity index (χ1v) is 4.71. The maximum atomic E-state index is 12.6. The highest BCUT2D eigenvalue weighted by molar-refractivity contribution is 5.16. The monoisotopic (exact) mass is 182 g/mol. The van der Waals surface area contributed by atoms with Crippen LogP contribution in [0.5, 0.6) is 0 Å². The maximum Gasteiger partial charge on any atom is 0.0941 e. The minimum atomic E-state index is -0.219. The number of alkyl halides is 1. The van der Waals surface area contributed by atoms with Crippen LogP contribution >= 0.6 is 0 Å². The normalized spacial score (nSPS) is 28.2. The van der Waals surface area contributed by atoms with Gasteiger partial charge in [0.25, 0.3) is 0 Å². The Morgan fingerprint density at radius 2 is 2.46 bits per heavy atom. The Bertz CT molecular complexity index is 282. The van der Waals surface area contributed by atoms with Crippen molar-refractivity contribution in [1.29, 1.82) is 0 Å². The Hall–Kier alpha value is -0.830. The minimum absolute atomic E-state index is 0.161. The number of nitrogens with one attached hydrogen (secondary N) is 1. The summed E-state index contributed by atoms with van der Waals surface area (Å²) >= 11 is 0. The standard InChI is InChI=1S/C10H15FN2/c1-13-4-2-3-10(13)9-7-12-6-8(9)5-11/h2-4,8-9,12H,5-7H2,1H3/t8-,9-/m1/s1. The molecule has 0 unspecified atom stereocenters. The largest absolute Gasteiger partial charge is 0.354 e. The van der Waals surface area contributed by atoms with Crippen molar-refractivity contribution in [2.24, 2.45) is 13.0 Å². The summed E-state index contributed by atoms with van der Waals surface area (Å²) in [4.78, 5) is 0. The van der Waals surface area contributed by atoms with Crippen LogP contribution in [0.25, 0.3) is 0 Å². The van der Waals surface area contributed by atoms with Crippen LogP contribution in [0.15, 0.2) is 18.3 Å². The smallest absolute Gasteiger partial charge is 0.0941 e. The third-order valence-electron chi connectivity index (χ3n) is 2.90. The van der Waals surface area contributed by atoms with Crippen LogP contribution in [0.3, 0.4) is 0 Å². The molecule has 1 aliphatic rings. The predicted molar refractivity (Wildman–Crippen MR) is 50.5 cm³/mol. The van der Waals surface area contributed by atoms with Crippen LogP contribution in [0.2, 0.25) is 0 Å². The van der Waals surface area contributed by atoms with E-state index in [0.29, 0.717) is 5.92 Å². The van der Waals surface area contributed by atoms with Crippen LogP contribution in [-0.4, -0.2) is 24.3 Å². The summed E-state index contributed by atoms with van der Waals surface area (Å²) in [6.07, 6.45) is 2.02. The topological polar surface area (TPSA) is 17.0 Å². The van der Waals surface area contributed by atoms with E-state index in [-0.39, 0.29) is 12.6 Å². The molecule has 0 bridgehead atoms. The van der Waals surface area contributed by atoms with Crippen molar-refractivity contribution in [2.45, 2.75) is 5.92 Å². The zero-order valence-corrected chi connectivity index (χ0v) is 7.83. The van der Waals surface area contributed by atoms with Gasteiger partial charge in [0, 0.05) is 43.9 Å². The first-order chi connectivity index (χ1) is 6.33. The number of aromatic nitrogens is 1. The molecule has 1 aliphatic heterocycles. The number of hydrogen-bond acceptors (Lipinski definition) is 1. The van der Waals surface area contributed by atoms with E-state index < -0.39 is 0 Å². The van der Waals surface area contributed by atoms with Crippen molar-refractivity contribution < 1.29 is 4.39 Å². The molecule has 1 fully saturated rings. The lowest BCUT2D eigenvalue weighted by Crippen LogP contribution is -2.15. The van der Waals surface area contributed by atoms with Gasteiger partial charge in [0.15, 0.2) is 0 Å². The van der Waals surface area contributed by atoms with Gasteiger partial charge in [-0.3, -0.25) is 4.39 Å². The number of halogens is 1. The van der Waals surface area contributed by atoms with Gasteiger partial charge in [-0.1, -0.05) is 0 Å². The highest BCUT2D eigenvalue weighted by Crippen LogP contribution is 2.28. The molecule has 0 aromatic carbocycles. The molecule has 1 aromatic rings. The lowest BCUT2D eigenvalue weighted by Gasteiger charge is -2.16. The Morgan fingerprint density at radius 3 is 3.08 bits per heavy atom. The summed E-state index contributed by atoms with van der Waals surface area (Å²) in [5, 5.41) is 3.24. The molecular formula is C10H15FN2. The van der Waals surface area contributed by atoms with Gasteiger partial charge in [-0.2, -0.15) is 0 Å². The molecule has 2 heterocycles. The molecule has 0 saturated carbocycles. The van der Waals surface area contributed by atoms with Crippen molar-refractivity contribution in [3.8, 4) is 0 Å². The lowest BCUT2D eigenvalue weighted by molar-refractivity contribution is 0.353. The van der Waals surface area contributed by atoms with Crippen LogP contribution in [0, 0.1) is 5.92 Å². The summed E-state index contributed by atoms with van der Waals surface area (Å²) in [6, 6.07) is 4.10. The van der Waals surface area contributed by atoms with Crippen molar-refractivity contribution in [2.75, 3.05) is 19.8 Å². The van der Waals surface area contributed by atoms with Crippen molar-refractivity contribution in [1.82, 2.24) is 9.88 Å². The molecule has 2 atom stereocenters. The van der Waals surface area contributed by atoms with Crippen molar-refractivity contribution in [3.63, 3.8) is 0 Å². The van der Waals surface area contributed by atoms with Gasteiger partial charge in [0.1, 0.15) is 0 Å². The maximum absolute atomic E-state index is 12.6. The van der Waals surface area contributed by atoms with Crippen molar-refractivity contribution in [3.05, 3.63) is 24.0 Å². The Labute approximate surface area is 77.7 Å². The molecule has 13 heavy (non-hydrogen) atoms. The van der Waals surface area contributed by atoms with Crippen LogP contribution < -0.4 is 5.32 Å². The van der Waals surface area contributed by atoms with E-state index in [4.69, 9.17) is 0 Å². The first-order valence-electron chi connectivity index (χ1n) is 4.71. The average molecular weight is 182 g/mol. The fourth-order valence-electron chi connectivity index (χ4n) is 2.10. The predicted octanol–water partition coefficient (Wildman–Crippen LogP) is 1.30. The Balaban J connectivity index is 2.20. The molecule has 0 spiro atoms. The molecule has 72 valence electrons. The SMILES string of the molecule is Cn1cccc1[C@@H]1CNC[C@H]1CF. The van der Waals surface area contributed by atoms with E-state index in [9.17, 15) is 4.39 Å². The summed E-state index contributed by atoms with van der Waals surface area (Å²) < 4.78 is 14.7. The number of aryl methyl sites for hydroxylation is 1. The lowest BCUT2D eigenvalue weighted by atomic mass is 9.94. The third kappa shape index (κ3) is 1.48. The second-order valence-corrected chi connectivity index (χ2v) is 3.72. The molecule has 0 aliphatic carbocycles. The molecule has 0 amide bonds. The second-order valence-electron chi connectivity index (χ2n) is 3.72. The number of nitrogens with zero attached hydrogens (tertiary/aromatic N) is 1. The molecule has 2 rings (SSSR count). The highest BCUT2D eigenvalue weighted by Gasteiger charge is 2.29. The quantitative estimate of drug-likeness (QED) is 0.729. The van der Waals surface area contributed by atoms with E-state index >= 15 is 0 Å². The van der Waals surface area contributed by atoms with Crippen LogP contribution in [0.4, 0.5) is 4.39 Å². The number of rotatable bonds is 2. The van der Waals surface area contributed by atoms with Crippen LogP contribution in [-0.2, 0) is 7.05 Å². The van der Waals surface area contributed by atoms with E-state index in [1.165, 1.54) is 5.69 Å². The van der Waals surface area contributed by atoms with E-state index in [1.807, 2.05) is 19.3 Å². The van der Waals surface area contributed by atoms with Gasteiger partial charge in [-0.25, -0.2) is 0 Å². The highest BCUT2D eigenvalue weighted by atomic mass is 19.1. The fourth-order valence-corrected chi connectivity index (χ4v) is 2.10. The zero-order valence-electron chi connectivity index (χ0n) is 7.83. The number of hydrogen-bond donors (Lipinski definition) is 1. The molecule has 1 saturated heterocycles. The molecule has 0 radical (unpaired) electrons. The molecular weight excluding hydrogens is 167 g/mol. The average Bonchev–Trinajstić information content (AvgIpc) is 2.71. The van der Waals surface area contributed by atoms with Gasteiger partial charge >= 0.3 is 0 Å². The van der Waals surface area contributed by atoms with Crippen LogP contribution in [0.1, 0.15) is 11.6 Å². The fraction of sp³-hybridized carbons (Fsp3) is 0.600. The van der Waals surface area contributed by atoms with E-state index in [1.54, 1.807) is 0 Å². The zero-order chi connectivity index (χ0) is 9.26. The van der Waals surface area contributed by atoms with Gasteiger partial charge in [-0.05, 0) is 12.1 Å². The summed E-state index contributed by atoms with van der Waals surface area (Å²) in [5.74, 6) is 0.513. The summed E-state index contributed by atoms with van der Waals surface area (Å²) in [5.41, 5.74) is 1.24. The van der Waals surface area contributed by atoms with E-state index in [0.717, 1.165) is 13.1 Å². The molecule has 1 N–H and O–H groups in total. The first kappa shape index (κ1) is 8.75. The van der Waals surface area contributed by atoms with Gasteiger partial charge in [0.2, 0.25) is 0 Å². The van der Waals surface area contributed by atoms with E-state index in [2.05, 4.69) is 16.0 Å². The van der Waals surface area contributed by atoms with Gasteiger partial charge in [-0.15, -0.1) is 0 Å². The molecule has 1 aromatic heterocycles. The molecule has 3 heteroatoms. The van der Waals surface area contributed by atoms with Gasteiger partial charge < -0.3 is 9.88 Å². The third-order valence-corrected chi connectivity index (χ3v) is 2.90.